The van der Waals surface area contributed by atoms with Crippen LogP contribution in [0, 0.1) is 5.41 Å². The molecule has 0 aromatic carbocycles. The predicted octanol–water partition coefficient (Wildman–Crippen LogP) is 2.17. The second-order valence-electron chi connectivity index (χ2n) is 8.27. The highest BCUT2D eigenvalue weighted by atomic mass is 32.2. The lowest BCUT2D eigenvalue weighted by molar-refractivity contribution is 0.0618. The fourth-order valence-corrected chi connectivity index (χ4v) is 5.78. The van der Waals surface area contributed by atoms with Crippen LogP contribution in [-0.2, 0) is 21.3 Å². The molecule has 1 atom stereocenters. The van der Waals surface area contributed by atoms with Crippen molar-refractivity contribution in [1.82, 2.24) is 19.2 Å². The first-order chi connectivity index (χ1) is 14.0. The second-order valence-corrected chi connectivity index (χ2v) is 10.2. The van der Waals surface area contributed by atoms with E-state index in [2.05, 4.69) is 28.0 Å². The summed E-state index contributed by atoms with van der Waals surface area (Å²) in [5.41, 5.74) is 1.28. The Morgan fingerprint density at radius 2 is 2.03 bits per heavy atom. The first-order valence-corrected chi connectivity index (χ1v) is 11.5. The van der Waals surface area contributed by atoms with Crippen molar-refractivity contribution in [2.45, 2.75) is 36.9 Å². The first-order valence-electron chi connectivity index (χ1n) is 10.1. The number of pyridine rings is 2. The van der Waals surface area contributed by atoms with Gasteiger partial charge in [0, 0.05) is 44.8 Å². The van der Waals surface area contributed by atoms with Crippen molar-refractivity contribution >= 4 is 10.0 Å². The molecule has 1 spiro atoms. The molecule has 0 amide bonds. The average Bonchev–Trinajstić information content (AvgIpc) is 3.11. The average molecular weight is 417 g/mol. The van der Waals surface area contributed by atoms with Gasteiger partial charge < -0.3 is 4.74 Å². The Morgan fingerprint density at radius 3 is 2.72 bits per heavy atom. The molecule has 0 bridgehead atoms. The molecule has 29 heavy (non-hydrogen) atoms. The van der Waals surface area contributed by atoms with Crippen LogP contribution in [0.1, 0.15) is 24.8 Å². The maximum Gasteiger partial charge on any atom is 0.260 e. The van der Waals surface area contributed by atoms with E-state index in [0.29, 0.717) is 13.1 Å². The van der Waals surface area contributed by atoms with Crippen molar-refractivity contribution in [3.8, 4) is 0 Å². The molecule has 0 saturated carbocycles. The van der Waals surface area contributed by atoms with Crippen molar-refractivity contribution < 1.29 is 13.2 Å². The van der Waals surface area contributed by atoms with Gasteiger partial charge in [-0.05, 0) is 55.5 Å². The molecule has 4 heterocycles. The normalized spacial score (nSPS) is 22.3. The minimum atomic E-state index is -3.51. The molecule has 8 heteroatoms. The maximum atomic E-state index is 12.8. The summed E-state index contributed by atoms with van der Waals surface area (Å²) in [5.74, 6) is 0. The van der Waals surface area contributed by atoms with E-state index in [1.807, 2.05) is 12.3 Å². The Kier molecular flexibility index (Phi) is 5.96. The van der Waals surface area contributed by atoms with Crippen molar-refractivity contribution in [3.05, 3.63) is 54.5 Å². The molecular formula is C21H28N4O3S. The number of piperidine rings is 1. The standard InChI is InChI=1S/C21H28N4O3S/c1-24(15-18-5-4-9-22-14-18)16-19-13-21(17-28-19)7-11-25(12-8-21)29(26,27)20-6-2-3-10-23-20/h2-6,9-10,14,19H,7-8,11-13,15-17H2,1H3/t19-/m1/s1. The van der Waals surface area contributed by atoms with Crippen LogP contribution in [-0.4, -0.2) is 67.0 Å². The monoisotopic (exact) mass is 416 g/mol. The van der Waals surface area contributed by atoms with Gasteiger partial charge in [-0.15, -0.1) is 0 Å². The molecule has 2 aliphatic rings. The Hall–Kier alpha value is -1.87. The van der Waals surface area contributed by atoms with Gasteiger partial charge in [-0.2, -0.15) is 4.31 Å². The fourth-order valence-electron chi connectivity index (χ4n) is 4.41. The SMILES string of the molecule is CN(Cc1cccnc1)C[C@H]1CC2(CCN(S(=O)(=O)c3ccccn3)CC2)CO1. The molecule has 0 N–H and O–H groups in total. The Balaban J connectivity index is 1.30. The summed E-state index contributed by atoms with van der Waals surface area (Å²) in [4.78, 5) is 10.5. The van der Waals surface area contributed by atoms with E-state index < -0.39 is 10.0 Å². The van der Waals surface area contributed by atoms with Gasteiger partial charge in [-0.3, -0.25) is 9.88 Å². The van der Waals surface area contributed by atoms with Crippen LogP contribution in [0.15, 0.2) is 53.9 Å². The molecule has 2 saturated heterocycles. The van der Waals surface area contributed by atoms with Crippen LogP contribution in [0.4, 0.5) is 0 Å². The van der Waals surface area contributed by atoms with Gasteiger partial charge in [0.2, 0.25) is 0 Å². The molecule has 0 unspecified atom stereocenters. The summed E-state index contributed by atoms with van der Waals surface area (Å²) < 4.78 is 33.3. The van der Waals surface area contributed by atoms with Gasteiger partial charge >= 0.3 is 0 Å². The van der Waals surface area contributed by atoms with E-state index in [4.69, 9.17) is 4.74 Å². The molecule has 2 aromatic heterocycles. The van der Waals surface area contributed by atoms with E-state index >= 15 is 0 Å². The smallest absolute Gasteiger partial charge is 0.260 e. The zero-order valence-corrected chi connectivity index (χ0v) is 17.6. The molecule has 0 aliphatic carbocycles. The topological polar surface area (TPSA) is 75.6 Å². The number of ether oxygens (including phenoxy) is 1. The van der Waals surface area contributed by atoms with E-state index in [0.717, 1.165) is 39.0 Å². The van der Waals surface area contributed by atoms with Crippen LogP contribution in [0.3, 0.4) is 0 Å². The summed E-state index contributed by atoms with van der Waals surface area (Å²) in [7, 11) is -1.41. The first kappa shape index (κ1) is 20.4. The van der Waals surface area contributed by atoms with Crippen molar-refractivity contribution in [1.29, 1.82) is 0 Å². The third-order valence-corrected chi connectivity index (χ3v) is 7.82. The number of hydrogen-bond acceptors (Lipinski definition) is 6. The zero-order valence-electron chi connectivity index (χ0n) is 16.8. The van der Waals surface area contributed by atoms with Crippen LogP contribution in [0.25, 0.3) is 0 Å². The molecule has 2 aliphatic heterocycles. The number of rotatable bonds is 6. The van der Waals surface area contributed by atoms with Gasteiger partial charge in [-0.1, -0.05) is 12.1 Å². The minimum Gasteiger partial charge on any atom is -0.376 e. The minimum absolute atomic E-state index is 0.0932. The quantitative estimate of drug-likeness (QED) is 0.718. The van der Waals surface area contributed by atoms with Gasteiger partial charge in [0.05, 0.1) is 12.7 Å². The third kappa shape index (κ3) is 4.66. The highest BCUT2D eigenvalue weighted by molar-refractivity contribution is 7.89. The summed E-state index contributed by atoms with van der Waals surface area (Å²) in [6.07, 6.45) is 8.05. The summed E-state index contributed by atoms with van der Waals surface area (Å²) in [6.45, 7) is 3.49. The molecule has 2 aromatic rings. The second kappa shape index (κ2) is 8.47. The molecular weight excluding hydrogens is 388 g/mol. The van der Waals surface area contributed by atoms with Gasteiger partial charge in [0.25, 0.3) is 10.0 Å². The molecule has 2 fully saturated rings. The predicted molar refractivity (Wildman–Crippen MR) is 110 cm³/mol. The Labute approximate surface area is 172 Å². The van der Waals surface area contributed by atoms with Crippen molar-refractivity contribution in [2.75, 3.05) is 33.3 Å². The third-order valence-electron chi connectivity index (χ3n) is 6.00. The van der Waals surface area contributed by atoms with E-state index in [1.54, 1.807) is 28.7 Å². The molecule has 4 rings (SSSR count). The van der Waals surface area contributed by atoms with Crippen molar-refractivity contribution in [3.63, 3.8) is 0 Å². The lowest BCUT2D eigenvalue weighted by atomic mass is 9.77. The summed E-state index contributed by atoms with van der Waals surface area (Å²) in [6, 6.07) is 9.04. The largest absolute Gasteiger partial charge is 0.376 e. The van der Waals surface area contributed by atoms with Gasteiger partial charge in [0.1, 0.15) is 0 Å². The summed E-state index contributed by atoms with van der Waals surface area (Å²) >= 11 is 0. The molecule has 156 valence electrons. The fraction of sp³-hybridized carbons (Fsp3) is 0.524. The van der Waals surface area contributed by atoms with E-state index in [9.17, 15) is 8.42 Å². The lowest BCUT2D eigenvalue weighted by Gasteiger charge is -2.37. The molecule has 7 nitrogen and oxygen atoms in total. The van der Waals surface area contributed by atoms with Crippen molar-refractivity contribution in [2.24, 2.45) is 5.41 Å². The Morgan fingerprint density at radius 1 is 1.21 bits per heavy atom. The number of hydrogen-bond donors (Lipinski definition) is 0. The highest BCUT2D eigenvalue weighted by Gasteiger charge is 2.44. The van der Waals surface area contributed by atoms with Crippen LogP contribution < -0.4 is 0 Å². The zero-order chi connectivity index (χ0) is 20.3. The van der Waals surface area contributed by atoms with Crippen LogP contribution >= 0.6 is 0 Å². The molecule has 0 radical (unpaired) electrons. The van der Waals surface area contributed by atoms with Crippen LogP contribution in [0.5, 0.6) is 0 Å². The highest BCUT2D eigenvalue weighted by Crippen LogP contribution is 2.43. The van der Waals surface area contributed by atoms with E-state index in [-0.39, 0.29) is 16.5 Å². The van der Waals surface area contributed by atoms with Gasteiger partial charge in [0.15, 0.2) is 5.03 Å². The number of nitrogens with zero attached hydrogens (tertiary/aromatic N) is 4. The maximum absolute atomic E-state index is 12.8. The number of likely N-dealkylation sites (N-methyl/N-ethyl adjacent to an activating group) is 1. The van der Waals surface area contributed by atoms with E-state index in [1.165, 1.54) is 11.8 Å². The Bertz CT molecular complexity index is 900. The van der Waals surface area contributed by atoms with Gasteiger partial charge in [-0.25, -0.2) is 13.4 Å². The summed E-state index contributed by atoms with van der Waals surface area (Å²) in [5, 5.41) is 0.133. The number of sulfonamides is 1. The number of aromatic nitrogens is 2. The lowest BCUT2D eigenvalue weighted by Crippen LogP contribution is -2.43. The van der Waals surface area contributed by atoms with Crippen LogP contribution in [0.2, 0.25) is 0 Å².